The third-order valence-electron chi connectivity index (χ3n) is 3.93. The fourth-order valence-corrected chi connectivity index (χ4v) is 3.18. The van der Waals surface area contributed by atoms with Crippen LogP contribution in [0.25, 0.3) is 0 Å². The molecular weight excluding hydrogens is 436 g/mol. The molecule has 0 aliphatic heterocycles. The summed E-state index contributed by atoms with van der Waals surface area (Å²) in [5, 5.41) is 6.33. The molecule has 7 nitrogen and oxygen atoms in total. The first-order valence-corrected chi connectivity index (χ1v) is 10.6. The van der Waals surface area contributed by atoms with E-state index in [1.165, 1.54) is 0 Å². The zero-order valence-electron chi connectivity index (χ0n) is 17.6. The Labute approximate surface area is 181 Å². The summed E-state index contributed by atoms with van der Waals surface area (Å²) in [4.78, 5) is 16.1. The number of benzene rings is 1. The van der Waals surface area contributed by atoms with Crippen LogP contribution >= 0.6 is 15.9 Å². The Kier molecular flexibility index (Phi) is 8.98. The van der Waals surface area contributed by atoms with E-state index in [9.17, 15) is 4.79 Å². The average Bonchev–Trinajstić information content (AvgIpc) is 3.14. The second-order valence-electron chi connectivity index (χ2n) is 7.74. The molecule has 0 atom stereocenters. The Morgan fingerprint density at radius 1 is 1.24 bits per heavy atom. The van der Waals surface area contributed by atoms with Gasteiger partial charge in [0.1, 0.15) is 0 Å². The molecule has 160 valence electrons. The van der Waals surface area contributed by atoms with Crippen LogP contribution in [0.3, 0.4) is 0 Å². The Morgan fingerprint density at radius 2 is 2.00 bits per heavy atom. The Morgan fingerprint density at radius 3 is 2.66 bits per heavy atom. The van der Waals surface area contributed by atoms with Crippen LogP contribution in [0.5, 0.6) is 11.5 Å². The molecule has 0 aliphatic rings. The predicted molar refractivity (Wildman–Crippen MR) is 117 cm³/mol. The minimum atomic E-state index is -0.294. The average molecular weight is 467 g/mol. The van der Waals surface area contributed by atoms with E-state index in [1.807, 2.05) is 52.4 Å². The number of nitrogens with one attached hydrogen (secondary N) is 2. The number of ether oxygens (including phenoxy) is 2. The van der Waals surface area contributed by atoms with Gasteiger partial charge < -0.3 is 24.7 Å². The maximum atomic E-state index is 12.0. The smallest absolute Gasteiger partial charge is 0.258 e. The predicted octanol–water partition coefficient (Wildman–Crippen LogP) is 3.52. The highest BCUT2D eigenvalue weighted by molar-refractivity contribution is 9.10. The molecule has 0 radical (unpaired) electrons. The molecule has 0 spiro atoms. The third kappa shape index (κ3) is 8.45. The van der Waals surface area contributed by atoms with E-state index in [0.717, 1.165) is 29.5 Å². The van der Waals surface area contributed by atoms with Gasteiger partial charge in [-0.15, -0.1) is 0 Å². The van der Waals surface area contributed by atoms with Gasteiger partial charge in [-0.2, -0.15) is 0 Å². The lowest BCUT2D eigenvalue weighted by molar-refractivity contribution is -0.124. The highest BCUT2D eigenvalue weighted by Gasteiger charge is 2.16. The number of carbonyl (C=O) groups excluding carboxylic acids is 1. The van der Waals surface area contributed by atoms with Gasteiger partial charge in [-0.3, -0.25) is 4.79 Å². The highest BCUT2D eigenvalue weighted by atomic mass is 79.9. The molecule has 8 heteroatoms. The standard InChI is InChI=1S/C21H31BrN4O3/c1-5-28-18-11-16(13-23-7-6-9-26-10-8-24-15-26)17(22)12-19(18)29-14-20(27)25-21(2,3)4/h8,10-12,15,23H,5-7,9,13-14H2,1-4H3,(H,25,27). The van der Waals surface area contributed by atoms with Gasteiger partial charge in [-0.1, -0.05) is 15.9 Å². The number of aryl methyl sites for hydroxylation is 1. The first-order valence-electron chi connectivity index (χ1n) is 9.84. The van der Waals surface area contributed by atoms with Crippen LogP contribution in [-0.2, 0) is 17.9 Å². The molecule has 0 fully saturated rings. The monoisotopic (exact) mass is 466 g/mol. The number of rotatable bonds is 11. The first kappa shape index (κ1) is 23.2. The van der Waals surface area contributed by atoms with E-state index >= 15 is 0 Å². The molecule has 2 N–H and O–H groups in total. The molecule has 1 aromatic heterocycles. The lowest BCUT2D eigenvalue weighted by Gasteiger charge is -2.21. The van der Waals surface area contributed by atoms with Crippen LogP contribution in [0.15, 0.2) is 35.3 Å². The van der Waals surface area contributed by atoms with Crippen molar-refractivity contribution in [3.63, 3.8) is 0 Å². The van der Waals surface area contributed by atoms with Crippen molar-refractivity contribution in [2.45, 2.75) is 52.7 Å². The number of amides is 1. The minimum absolute atomic E-state index is 0.0599. The number of halogens is 1. The molecule has 1 aromatic carbocycles. The summed E-state index contributed by atoms with van der Waals surface area (Å²) in [6.07, 6.45) is 6.59. The van der Waals surface area contributed by atoms with E-state index in [-0.39, 0.29) is 18.1 Å². The van der Waals surface area contributed by atoms with E-state index in [0.29, 0.717) is 24.7 Å². The summed E-state index contributed by atoms with van der Waals surface area (Å²) in [6, 6.07) is 3.81. The Bertz CT molecular complexity index is 773. The lowest BCUT2D eigenvalue weighted by Crippen LogP contribution is -2.43. The highest BCUT2D eigenvalue weighted by Crippen LogP contribution is 2.34. The molecule has 0 bridgehead atoms. The van der Waals surface area contributed by atoms with Crippen molar-refractivity contribution in [3.8, 4) is 11.5 Å². The van der Waals surface area contributed by atoms with Gasteiger partial charge in [-0.05, 0) is 58.4 Å². The maximum Gasteiger partial charge on any atom is 0.258 e. The Balaban J connectivity index is 1.90. The summed E-state index contributed by atoms with van der Waals surface area (Å²) < 4.78 is 14.4. The van der Waals surface area contributed by atoms with Crippen LogP contribution in [0.4, 0.5) is 0 Å². The second kappa shape index (κ2) is 11.2. The number of aromatic nitrogens is 2. The zero-order chi connectivity index (χ0) is 21.3. The van der Waals surface area contributed by atoms with Crippen LogP contribution in [0, 0.1) is 0 Å². The van der Waals surface area contributed by atoms with Gasteiger partial charge in [0, 0.05) is 35.5 Å². The molecule has 0 unspecified atom stereocenters. The number of imidazole rings is 1. The summed E-state index contributed by atoms with van der Waals surface area (Å²) in [5.41, 5.74) is 0.777. The van der Waals surface area contributed by atoms with Crippen LogP contribution < -0.4 is 20.1 Å². The van der Waals surface area contributed by atoms with Crippen LogP contribution in [0.2, 0.25) is 0 Å². The number of hydrogen-bond donors (Lipinski definition) is 2. The fourth-order valence-electron chi connectivity index (χ4n) is 2.72. The second-order valence-corrected chi connectivity index (χ2v) is 8.60. The maximum absolute atomic E-state index is 12.0. The SMILES string of the molecule is CCOc1cc(CNCCCn2ccnc2)c(Br)cc1OCC(=O)NC(C)(C)C. The number of hydrogen-bond acceptors (Lipinski definition) is 5. The number of nitrogens with zero attached hydrogens (tertiary/aromatic N) is 2. The van der Waals surface area contributed by atoms with E-state index in [1.54, 1.807) is 6.20 Å². The molecule has 2 aromatic rings. The van der Waals surface area contributed by atoms with Crippen molar-refractivity contribution in [1.82, 2.24) is 20.2 Å². The molecule has 2 rings (SSSR count). The van der Waals surface area contributed by atoms with Crippen molar-refractivity contribution in [2.24, 2.45) is 0 Å². The van der Waals surface area contributed by atoms with Gasteiger partial charge >= 0.3 is 0 Å². The van der Waals surface area contributed by atoms with Gasteiger partial charge in [0.15, 0.2) is 18.1 Å². The molecule has 0 saturated heterocycles. The fraction of sp³-hybridized carbons (Fsp3) is 0.524. The van der Waals surface area contributed by atoms with Crippen molar-refractivity contribution in [3.05, 3.63) is 40.9 Å². The topological polar surface area (TPSA) is 77.4 Å². The summed E-state index contributed by atoms with van der Waals surface area (Å²) in [6.45, 7) is 10.7. The largest absolute Gasteiger partial charge is 0.490 e. The summed E-state index contributed by atoms with van der Waals surface area (Å²) in [7, 11) is 0. The first-order chi connectivity index (χ1) is 13.8. The van der Waals surface area contributed by atoms with Crippen molar-refractivity contribution < 1.29 is 14.3 Å². The van der Waals surface area contributed by atoms with Gasteiger partial charge in [-0.25, -0.2) is 4.98 Å². The van der Waals surface area contributed by atoms with E-state index in [4.69, 9.17) is 9.47 Å². The molecule has 0 saturated carbocycles. The van der Waals surface area contributed by atoms with E-state index in [2.05, 4.69) is 36.1 Å². The summed E-state index contributed by atoms with van der Waals surface area (Å²) in [5.74, 6) is 1.01. The van der Waals surface area contributed by atoms with Crippen LogP contribution in [-0.4, -0.2) is 40.8 Å². The van der Waals surface area contributed by atoms with Crippen molar-refractivity contribution in [2.75, 3.05) is 19.8 Å². The van der Waals surface area contributed by atoms with Gasteiger partial charge in [0.2, 0.25) is 0 Å². The van der Waals surface area contributed by atoms with Crippen molar-refractivity contribution >= 4 is 21.8 Å². The molecular formula is C21H31BrN4O3. The lowest BCUT2D eigenvalue weighted by atomic mass is 10.1. The Hall–Kier alpha value is -2.06. The third-order valence-corrected chi connectivity index (χ3v) is 4.67. The minimum Gasteiger partial charge on any atom is -0.490 e. The van der Waals surface area contributed by atoms with Gasteiger partial charge in [0.25, 0.3) is 5.91 Å². The molecule has 0 aliphatic carbocycles. The molecule has 1 heterocycles. The van der Waals surface area contributed by atoms with Gasteiger partial charge in [0.05, 0.1) is 12.9 Å². The van der Waals surface area contributed by atoms with Crippen LogP contribution in [0.1, 0.15) is 39.7 Å². The molecule has 1 amide bonds. The summed E-state index contributed by atoms with van der Waals surface area (Å²) >= 11 is 3.60. The number of carbonyl (C=O) groups is 1. The normalized spacial score (nSPS) is 11.3. The molecule has 29 heavy (non-hydrogen) atoms. The van der Waals surface area contributed by atoms with Crippen molar-refractivity contribution in [1.29, 1.82) is 0 Å². The zero-order valence-corrected chi connectivity index (χ0v) is 19.2. The van der Waals surface area contributed by atoms with E-state index < -0.39 is 0 Å². The quantitative estimate of drug-likeness (QED) is 0.495.